The number of hydrogen-bond acceptors (Lipinski definition) is 2. The number of carbonyl (C=O) groups is 1. The highest BCUT2D eigenvalue weighted by Gasteiger charge is 2.59. The van der Waals surface area contributed by atoms with E-state index in [0.717, 1.165) is 56.1 Å². The summed E-state index contributed by atoms with van der Waals surface area (Å²) in [6.45, 7) is 4.58. The monoisotopic (exact) mass is 394 g/mol. The fourth-order valence-corrected chi connectivity index (χ4v) is 7.24. The molecule has 4 unspecified atom stereocenters. The summed E-state index contributed by atoms with van der Waals surface area (Å²) in [5, 5.41) is 10.2. The van der Waals surface area contributed by atoms with Gasteiger partial charge in [-0.05, 0) is 97.5 Å². The van der Waals surface area contributed by atoms with Crippen LogP contribution in [0.1, 0.15) is 64.4 Å². The van der Waals surface area contributed by atoms with Crippen molar-refractivity contribution < 1.29 is 14.3 Å². The minimum Gasteiger partial charge on any atom is -0.393 e. The summed E-state index contributed by atoms with van der Waals surface area (Å²) in [7, 11) is 0. The van der Waals surface area contributed by atoms with Gasteiger partial charge in [-0.3, -0.25) is 4.79 Å². The van der Waals surface area contributed by atoms with E-state index in [0.29, 0.717) is 17.8 Å². The standard InChI is InChI=1S/C26H31FO2/c1-25-10-8-20(28)15-18(25)6-7-21-22(25)9-11-26(2)23(21)14-17(24(26)29)12-16-4-3-5-19(27)13-16/h3-6,12-13,20-23,28H,7-11,14-15H2,1-2H3/b17-12+/t20?,21?,22?,23?,25-,26-/m1/s1. The molecular formula is C26H31FO2. The van der Waals surface area contributed by atoms with Crippen LogP contribution in [0.15, 0.2) is 41.5 Å². The number of halogens is 1. The van der Waals surface area contributed by atoms with Gasteiger partial charge in [0.25, 0.3) is 0 Å². The van der Waals surface area contributed by atoms with Crippen LogP contribution < -0.4 is 0 Å². The van der Waals surface area contributed by atoms with Crippen LogP contribution in [0, 0.1) is 34.4 Å². The number of rotatable bonds is 1. The second-order valence-corrected chi connectivity index (χ2v) is 10.4. The fourth-order valence-electron chi connectivity index (χ4n) is 7.24. The van der Waals surface area contributed by atoms with Crippen LogP contribution in [-0.4, -0.2) is 17.0 Å². The lowest BCUT2D eigenvalue weighted by Crippen LogP contribution is -2.50. The first-order valence-corrected chi connectivity index (χ1v) is 11.2. The van der Waals surface area contributed by atoms with Crippen molar-refractivity contribution in [2.24, 2.45) is 28.6 Å². The number of hydrogen-bond donors (Lipinski definition) is 1. The molecule has 0 heterocycles. The molecule has 3 heteroatoms. The van der Waals surface area contributed by atoms with Crippen LogP contribution >= 0.6 is 0 Å². The highest BCUT2D eigenvalue weighted by Crippen LogP contribution is 2.64. The van der Waals surface area contributed by atoms with Crippen molar-refractivity contribution in [2.75, 3.05) is 0 Å². The number of aliphatic hydroxyl groups is 1. The second kappa shape index (κ2) is 6.63. The van der Waals surface area contributed by atoms with Gasteiger partial charge in [0, 0.05) is 5.41 Å². The summed E-state index contributed by atoms with van der Waals surface area (Å²) in [4.78, 5) is 13.4. The molecule has 0 aliphatic heterocycles. The molecule has 0 saturated heterocycles. The number of benzene rings is 1. The van der Waals surface area contributed by atoms with E-state index in [1.807, 2.05) is 12.1 Å². The number of ketones is 1. The molecule has 0 aromatic heterocycles. The van der Waals surface area contributed by atoms with Gasteiger partial charge in [-0.2, -0.15) is 0 Å². The maximum absolute atomic E-state index is 13.6. The van der Waals surface area contributed by atoms with Crippen molar-refractivity contribution in [2.45, 2.75) is 64.9 Å². The molecule has 0 spiro atoms. The molecule has 3 fully saturated rings. The summed E-state index contributed by atoms with van der Waals surface area (Å²) in [6.07, 6.45) is 10.8. The zero-order chi connectivity index (χ0) is 20.4. The molecule has 0 bridgehead atoms. The Morgan fingerprint density at radius 1 is 1.10 bits per heavy atom. The van der Waals surface area contributed by atoms with Crippen LogP contribution in [0.25, 0.3) is 6.08 Å². The fraction of sp³-hybridized carbons (Fsp3) is 0.577. The molecule has 29 heavy (non-hydrogen) atoms. The molecule has 1 aromatic carbocycles. The van der Waals surface area contributed by atoms with Crippen LogP contribution in [0.2, 0.25) is 0 Å². The summed E-state index contributed by atoms with van der Waals surface area (Å²) in [6, 6.07) is 6.54. The van der Waals surface area contributed by atoms with Crippen molar-refractivity contribution in [1.29, 1.82) is 0 Å². The van der Waals surface area contributed by atoms with Gasteiger partial charge in [-0.25, -0.2) is 4.39 Å². The van der Waals surface area contributed by atoms with Gasteiger partial charge in [0.05, 0.1) is 6.10 Å². The zero-order valence-corrected chi connectivity index (χ0v) is 17.5. The highest BCUT2D eigenvalue weighted by atomic mass is 19.1. The Kier molecular flexibility index (Phi) is 4.40. The lowest BCUT2D eigenvalue weighted by Gasteiger charge is -2.56. The Labute approximate surface area is 172 Å². The summed E-state index contributed by atoms with van der Waals surface area (Å²) in [5.41, 5.74) is 3.02. The first-order chi connectivity index (χ1) is 13.8. The van der Waals surface area contributed by atoms with Gasteiger partial charge in [-0.1, -0.05) is 37.6 Å². The molecule has 4 aliphatic carbocycles. The van der Waals surface area contributed by atoms with Crippen LogP contribution in [0.3, 0.4) is 0 Å². The number of aliphatic hydroxyl groups excluding tert-OH is 1. The maximum atomic E-state index is 13.6. The van der Waals surface area contributed by atoms with E-state index in [2.05, 4.69) is 19.9 Å². The highest BCUT2D eigenvalue weighted by molar-refractivity contribution is 6.05. The van der Waals surface area contributed by atoms with E-state index in [1.54, 1.807) is 6.07 Å². The van der Waals surface area contributed by atoms with Gasteiger partial charge >= 0.3 is 0 Å². The average Bonchev–Trinajstić information content (AvgIpc) is 2.93. The number of fused-ring (bicyclic) bond motifs is 5. The van der Waals surface area contributed by atoms with Gasteiger partial charge in [-0.15, -0.1) is 0 Å². The molecule has 2 nitrogen and oxygen atoms in total. The SMILES string of the molecule is C[C@@]12CCC3C(CC=C4CC(O)CC[C@]43C)C1C/C(=C\c1cccc(F)c1)C2=O. The number of Topliss-reactive ketones (excluding diaryl/α,β-unsaturated/α-hetero) is 1. The van der Waals surface area contributed by atoms with Gasteiger partial charge in [0.15, 0.2) is 5.78 Å². The normalized spacial score (nSPS) is 42.8. The Hall–Kier alpha value is -1.74. The van der Waals surface area contributed by atoms with Gasteiger partial charge in [0.1, 0.15) is 5.82 Å². The Bertz CT molecular complexity index is 915. The zero-order valence-electron chi connectivity index (χ0n) is 17.5. The molecule has 5 rings (SSSR count). The van der Waals surface area contributed by atoms with Crippen molar-refractivity contribution in [3.05, 3.63) is 52.9 Å². The Morgan fingerprint density at radius 2 is 1.90 bits per heavy atom. The molecule has 6 atom stereocenters. The third-order valence-corrected chi connectivity index (χ3v) is 8.91. The first-order valence-electron chi connectivity index (χ1n) is 11.2. The van der Waals surface area contributed by atoms with Crippen LogP contribution in [-0.2, 0) is 4.79 Å². The molecule has 4 aliphatic rings. The third-order valence-electron chi connectivity index (χ3n) is 8.91. The van der Waals surface area contributed by atoms with Gasteiger partial charge < -0.3 is 5.11 Å². The number of carbonyl (C=O) groups excluding carboxylic acids is 1. The molecule has 154 valence electrons. The second-order valence-electron chi connectivity index (χ2n) is 10.4. The van der Waals surface area contributed by atoms with Crippen molar-refractivity contribution in [1.82, 2.24) is 0 Å². The lowest BCUT2D eigenvalue weighted by atomic mass is 9.48. The number of allylic oxidation sites excluding steroid dienone is 2. The van der Waals surface area contributed by atoms with E-state index in [9.17, 15) is 14.3 Å². The Morgan fingerprint density at radius 3 is 2.69 bits per heavy atom. The summed E-state index contributed by atoms with van der Waals surface area (Å²) < 4.78 is 13.6. The largest absolute Gasteiger partial charge is 0.393 e. The molecular weight excluding hydrogens is 363 g/mol. The van der Waals surface area contributed by atoms with E-state index < -0.39 is 0 Å². The molecule has 0 radical (unpaired) electrons. The van der Waals surface area contributed by atoms with Crippen LogP contribution in [0.4, 0.5) is 4.39 Å². The van der Waals surface area contributed by atoms with E-state index in [1.165, 1.54) is 17.7 Å². The predicted molar refractivity (Wildman–Crippen MR) is 112 cm³/mol. The molecule has 3 saturated carbocycles. The third kappa shape index (κ3) is 2.88. The van der Waals surface area contributed by atoms with Crippen molar-refractivity contribution in [3.8, 4) is 0 Å². The van der Waals surface area contributed by atoms with E-state index in [-0.39, 0.29) is 28.5 Å². The summed E-state index contributed by atoms with van der Waals surface area (Å²) in [5.74, 6) is 1.53. The Balaban J connectivity index is 1.48. The molecule has 1 N–H and O–H groups in total. The minimum atomic E-state index is -0.282. The van der Waals surface area contributed by atoms with Crippen molar-refractivity contribution >= 4 is 11.9 Å². The molecule has 1 aromatic rings. The maximum Gasteiger partial charge on any atom is 0.165 e. The first kappa shape index (κ1) is 19.2. The van der Waals surface area contributed by atoms with Gasteiger partial charge in [0.2, 0.25) is 0 Å². The predicted octanol–water partition coefficient (Wildman–Crippen LogP) is 5.71. The quantitative estimate of drug-likeness (QED) is 0.489. The molecule has 0 amide bonds. The topological polar surface area (TPSA) is 37.3 Å². The summed E-state index contributed by atoms with van der Waals surface area (Å²) >= 11 is 0. The average molecular weight is 395 g/mol. The lowest BCUT2D eigenvalue weighted by molar-refractivity contribution is -0.130. The van der Waals surface area contributed by atoms with Crippen LogP contribution in [0.5, 0.6) is 0 Å². The van der Waals surface area contributed by atoms with Crippen molar-refractivity contribution in [3.63, 3.8) is 0 Å². The minimum absolute atomic E-state index is 0.182. The smallest absolute Gasteiger partial charge is 0.165 e. The van der Waals surface area contributed by atoms with E-state index in [4.69, 9.17) is 0 Å². The van der Waals surface area contributed by atoms with E-state index >= 15 is 0 Å².